The molecule has 0 atom stereocenters. The number of hydrogen-bond donors (Lipinski definition) is 1. The van der Waals surface area contributed by atoms with Crippen molar-refractivity contribution in [2.45, 2.75) is 19.4 Å². The Balaban J connectivity index is 0.00000161. The van der Waals surface area contributed by atoms with Crippen LogP contribution in [0.1, 0.15) is 18.4 Å². The standard InChI is InChI=1S/C16H22N4.ClH/c17-11-14-5-8-19(9-6-14)12-15-1-3-16(4-2-15)20-10-7-18-13-20;/h1-4,7,10,13-14H,5-6,8-9,11-12,17H2;1H. The Bertz CT molecular complexity index is 516. The first-order valence-corrected chi connectivity index (χ1v) is 7.35. The summed E-state index contributed by atoms with van der Waals surface area (Å²) in [5, 5.41) is 0. The fraction of sp³-hybridized carbons (Fsp3) is 0.438. The summed E-state index contributed by atoms with van der Waals surface area (Å²) in [4.78, 5) is 6.60. The molecule has 1 saturated heterocycles. The molecule has 0 saturated carbocycles. The zero-order valence-corrected chi connectivity index (χ0v) is 13.0. The summed E-state index contributed by atoms with van der Waals surface area (Å²) < 4.78 is 2.02. The van der Waals surface area contributed by atoms with Crippen LogP contribution < -0.4 is 5.73 Å². The molecule has 2 heterocycles. The topological polar surface area (TPSA) is 47.1 Å². The molecule has 0 bridgehead atoms. The van der Waals surface area contributed by atoms with Crippen LogP contribution in [0.25, 0.3) is 5.69 Å². The first-order valence-electron chi connectivity index (χ1n) is 7.35. The largest absolute Gasteiger partial charge is 0.330 e. The summed E-state index contributed by atoms with van der Waals surface area (Å²) in [6, 6.07) is 8.74. The molecule has 5 heteroatoms. The maximum Gasteiger partial charge on any atom is 0.0991 e. The van der Waals surface area contributed by atoms with Gasteiger partial charge >= 0.3 is 0 Å². The number of halogens is 1. The lowest BCUT2D eigenvalue weighted by atomic mass is 9.97. The number of hydrogen-bond acceptors (Lipinski definition) is 3. The highest BCUT2D eigenvalue weighted by atomic mass is 35.5. The number of nitrogens with two attached hydrogens (primary N) is 1. The van der Waals surface area contributed by atoms with Crippen molar-refractivity contribution in [3.63, 3.8) is 0 Å². The number of likely N-dealkylation sites (tertiary alicyclic amines) is 1. The second-order valence-electron chi connectivity index (χ2n) is 5.59. The monoisotopic (exact) mass is 306 g/mol. The Hall–Kier alpha value is -1.36. The summed E-state index contributed by atoms with van der Waals surface area (Å²) in [6.07, 6.45) is 8.07. The lowest BCUT2D eigenvalue weighted by Crippen LogP contribution is -2.35. The molecule has 0 radical (unpaired) electrons. The van der Waals surface area contributed by atoms with Crippen LogP contribution >= 0.6 is 12.4 Å². The molecule has 0 spiro atoms. The van der Waals surface area contributed by atoms with Crippen molar-refractivity contribution in [1.29, 1.82) is 0 Å². The van der Waals surface area contributed by atoms with E-state index in [4.69, 9.17) is 5.73 Å². The SMILES string of the molecule is Cl.NCC1CCN(Cc2ccc(-n3ccnc3)cc2)CC1. The second kappa shape index (κ2) is 7.59. The predicted molar refractivity (Wildman–Crippen MR) is 87.9 cm³/mol. The van der Waals surface area contributed by atoms with Crippen LogP contribution in [0.15, 0.2) is 43.0 Å². The molecule has 0 aliphatic carbocycles. The number of benzene rings is 1. The molecule has 0 unspecified atom stereocenters. The average molecular weight is 307 g/mol. The van der Waals surface area contributed by atoms with Crippen molar-refractivity contribution < 1.29 is 0 Å². The van der Waals surface area contributed by atoms with Gasteiger partial charge in [-0.15, -0.1) is 12.4 Å². The van der Waals surface area contributed by atoms with Crippen molar-refractivity contribution >= 4 is 12.4 Å². The van der Waals surface area contributed by atoms with E-state index in [1.54, 1.807) is 6.20 Å². The molecule has 1 aliphatic rings. The van der Waals surface area contributed by atoms with Crippen molar-refractivity contribution in [2.75, 3.05) is 19.6 Å². The highest BCUT2D eigenvalue weighted by Gasteiger charge is 2.17. The molecule has 2 N–H and O–H groups in total. The number of piperidine rings is 1. The van der Waals surface area contributed by atoms with Gasteiger partial charge in [0, 0.05) is 24.6 Å². The van der Waals surface area contributed by atoms with Gasteiger partial charge in [-0.2, -0.15) is 0 Å². The fourth-order valence-electron chi connectivity index (χ4n) is 2.82. The summed E-state index contributed by atoms with van der Waals surface area (Å²) in [6.45, 7) is 4.23. The van der Waals surface area contributed by atoms with E-state index in [2.05, 4.69) is 34.1 Å². The van der Waals surface area contributed by atoms with Gasteiger partial charge in [0.2, 0.25) is 0 Å². The molecule has 4 nitrogen and oxygen atoms in total. The van der Waals surface area contributed by atoms with Gasteiger partial charge in [-0.05, 0) is 56.1 Å². The quantitative estimate of drug-likeness (QED) is 0.944. The maximum absolute atomic E-state index is 5.74. The summed E-state index contributed by atoms with van der Waals surface area (Å²) >= 11 is 0. The van der Waals surface area contributed by atoms with Gasteiger partial charge in [-0.25, -0.2) is 4.98 Å². The number of nitrogens with zero attached hydrogens (tertiary/aromatic N) is 3. The highest BCUT2D eigenvalue weighted by Crippen LogP contribution is 2.18. The predicted octanol–water partition coefficient (Wildman–Crippen LogP) is 2.46. The van der Waals surface area contributed by atoms with Crippen molar-refractivity contribution in [3.05, 3.63) is 48.5 Å². The van der Waals surface area contributed by atoms with E-state index in [9.17, 15) is 0 Å². The van der Waals surface area contributed by atoms with Crippen molar-refractivity contribution in [1.82, 2.24) is 14.5 Å². The summed E-state index contributed by atoms with van der Waals surface area (Å²) in [5.41, 5.74) is 8.27. The van der Waals surface area contributed by atoms with E-state index in [0.717, 1.165) is 24.7 Å². The first-order chi connectivity index (χ1) is 9.85. The van der Waals surface area contributed by atoms with Gasteiger partial charge in [-0.3, -0.25) is 4.90 Å². The number of aromatic nitrogens is 2. The van der Waals surface area contributed by atoms with Gasteiger partial charge in [0.25, 0.3) is 0 Å². The minimum atomic E-state index is 0. The van der Waals surface area contributed by atoms with Crippen LogP contribution in [0.3, 0.4) is 0 Å². The van der Waals surface area contributed by atoms with E-state index >= 15 is 0 Å². The maximum atomic E-state index is 5.74. The Morgan fingerprint density at radius 2 is 1.86 bits per heavy atom. The molecular weight excluding hydrogens is 284 g/mol. The smallest absolute Gasteiger partial charge is 0.0991 e. The van der Waals surface area contributed by atoms with E-state index in [1.807, 2.05) is 17.1 Å². The van der Waals surface area contributed by atoms with Crippen molar-refractivity contribution in [3.8, 4) is 5.69 Å². The molecular formula is C16H23ClN4. The van der Waals surface area contributed by atoms with Crippen LogP contribution in [0.5, 0.6) is 0 Å². The number of imidazole rings is 1. The third-order valence-electron chi connectivity index (χ3n) is 4.19. The summed E-state index contributed by atoms with van der Waals surface area (Å²) in [5.74, 6) is 0.731. The van der Waals surface area contributed by atoms with Gasteiger partial charge in [-0.1, -0.05) is 12.1 Å². The Morgan fingerprint density at radius 1 is 1.14 bits per heavy atom. The lowest BCUT2D eigenvalue weighted by molar-refractivity contribution is 0.180. The van der Waals surface area contributed by atoms with E-state index in [-0.39, 0.29) is 12.4 Å². The molecule has 21 heavy (non-hydrogen) atoms. The molecule has 114 valence electrons. The number of rotatable bonds is 4. The Labute approximate surface area is 132 Å². The molecule has 3 rings (SSSR count). The lowest BCUT2D eigenvalue weighted by Gasteiger charge is -2.31. The minimum Gasteiger partial charge on any atom is -0.330 e. The molecule has 1 aromatic carbocycles. The molecule has 1 aromatic heterocycles. The van der Waals surface area contributed by atoms with Gasteiger partial charge in [0.15, 0.2) is 0 Å². The van der Waals surface area contributed by atoms with Gasteiger partial charge in [0.05, 0.1) is 6.33 Å². The van der Waals surface area contributed by atoms with Gasteiger partial charge < -0.3 is 10.3 Å². The van der Waals surface area contributed by atoms with Crippen LogP contribution in [0.2, 0.25) is 0 Å². The van der Waals surface area contributed by atoms with Crippen LogP contribution in [0.4, 0.5) is 0 Å². The highest BCUT2D eigenvalue weighted by molar-refractivity contribution is 5.85. The zero-order chi connectivity index (χ0) is 13.8. The summed E-state index contributed by atoms with van der Waals surface area (Å²) in [7, 11) is 0. The van der Waals surface area contributed by atoms with Gasteiger partial charge in [0.1, 0.15) is 0 Å². The van der Waals surface area contributed by atoms with Crippen LogP contribution in [0, 0.1) is 5.92 Å². The van der Waals surface area contributed by atoms with Crippen LogP contribution in [-0.4, -0.2) is 34.1 Å². The fourth-order valence-corrected chi connectivity index (χ4v) is 2.82. The third-order valence-corrected chi connectivity index (χ3v) is 4.19. The van der Waals surface area contributed by atoms with E-state index in [1.165, 1.54) is 31.5 Å². The van der Waals surface area contributed by atoms with Crippen LogP contribution in [-0.2, 0) is 6.54 Å². The molecule has 1 fully saturated rings. The zero-order valence-electron chi connectivity index (χ0n) is 12.2. The van der Waals surface area contributed by atoms with E-state index in [0.29, 0.717) is 0 Å². The Kier molecular flexibility index (Phi) is 5.79. The molecule has 0 amide bonds. The van der Waals surface area contributed by atoms with Crippen molar-refractivity contribution in [2.24, 2.45) is 11.7 Å². The molecule has 1 aliphatic heterocycles. The normalized spacial score (nSPS) is 16.6. The third kappa shape index (κ3) is 4.06. The second-order valence-corrected chi connectivity index (χ2v) is 5.59. The Morgan fingerprint density at radius 3 is 2.43 bits per heavy atom. The molecule has 2 aromatic rings. The minimum absolute atomic E-state index is 0. The first kappa shape index (κ1) is 16.0. The average Bonchev–Trinajstić information content (AvgIpc) is 3.03. The van der Waals surface area contributed by atoms with E-state index < -0.39 is 0 Å².